The number of rotatable bonds is 4. The Hall–Kier alpha value is -1.83. The van der Waals surface area contributed by atoms with Crippen molar-refractivity contribution in [2.45, 2.75) is 25.9 Å². The highest BCUT2D eigenvalue weighted by molar-refractivity contribution is 14.0. The topological polar surface area (TPSA) is 39.7 Å². The Morgan fingerprint density at radius 2 is 1.92 bits per heavy atom. The number of nitrogens with one attached hydrogen (secondary N) is 2. The number of nitrogens with zero attached hydrogens (tertiary/aromatic N) is 2. The Kier molecular flexibility index (Phi) is 7.68. The smallest absolute Gasteiger partial charge is 0.191 e. The molecule has 2 aromatic rings. The van der Waals surface area contributed by atoms with Crippen LogP contribution in [0.25, 0.3) is 0 Å². The van der Waals surface area contributed by atoms with Crippen LogP contribution in [0.1, 0.15) is 23.1 Å². The fraction of sp³-hybridized carbons (Fsp3) is 0.350. The third-order valence-electron chi connectivity index (χ3n) is 4.58. The lowest BCUT2D eigenvalue weighted by Crippen LogP contribution is -2.36. The first-order valence-electron chi connectivity index (χ1n) is 8.68. The molecule has 0 atom stereocenters. The van der Waals surface area contributed by atoms with Crippen LogP contribution < -0.4 is 15.5 Å². The highest BCUT2D eigenvalue weighted by Crippen LogP contribution is 2.26. The van der Waals surface area contributed by atoms with Gasteiger partial charge in [-0.15, -0.1) is 24.0 Å². The maximum Gasteiger partial charge on any atom is 0.191 e. The summed E-state index contributed by atoms with van der Waals surface area (Å²) in [7, 11) is 3.86. The molecule has 1 aliphatic heterocycles. The number of fused-ring (bicyclic) bond motifs is 1. The van der Waals surface area contributed by atoms with E-state index in [2.05, 4.69) is 45.8 Å². The average Bonchev–Trinajstić information content (AvgIpc) is 2.63. The quantitative estimate of drug-likeness (QED) is 0.409. The minimum absolute atomic E-state index is 0. The van der Waals surface area contributed by atoms with Gasteiger partial charge < -0.3 is 15.5 Å². The lowest BCUT2D eigenvalue weighted by Gasteiger charge is -2.28. The first-order valence-corrected chi connectivity index (χ1v) is 8.68. The van der Waals surface area contributed by atoms with Crippen molar-refractivity contribution in [1.82, 2.24) is 10.6 Å². The van der Waals surface area contributed by atoms with Gasteiger partial charge in [0.2, 0.25) is 0 Å². The molecule has 2 N–H and O–H groups in total. The van der Waals surface area contributed by atoms with Gasteiger partial charge in [-0.05, 0) is 36.1 Å². The van der Waals surface area contributed by atoms with Gasteiger partial charge in [0, 0.05) is 45.0 Å². The second-order valence-electron chi connectivity index (χ2n) is 6.36. The second kappa shape index (κ2) is 9.75. The summed E-state index contributed by atoms with van der Waals surface area (Å²) in [6.07, 6.45) is 2.33. The molecule has 0 spiro atoms. The molecule has 3 rings (SSSR count). The summed E-state index contributed by atoms with van der Waals surface area (Å²) in [6, 6.07) is 13.4. The summed E-state index contributed by atoms with van der Waals surface area (Å²) < 4.78 is 13.7. The number of hydrogen-bond donors (Lipinski definition) is 2. The van der Waals surface area contributed by atoms with Gasteiger partial charge in [0.05, 0.1) is 0 Å². The molecule has 0 saturated carbocycles. The summed E-state index contributed by atoms with van der Waals surface area (Å²) in [5.74, 6) is 0.461. The molecule has 140 valence electrons. The molecule has 1 aliphatic rings. The maximum absolute atomic E-state index is 13.7. The van der Waals surface area contributed by atoms with E-state index in [-0.39, 0.29) is 29.8 Å². The average molecular weight is 468 g/mol. The third kappa shape index (κ3) is 5.09. The van der Waals surface area contributed by atoms with Crippen LogP contribution in [0.15, 0.2) is 47.5 Å². The molecule has 0 unspecified atom stereocenters. The zero-order chi connectivity index (χ0) is 17.6. The lowest BCUT2D eigenvalue weighted by atomic mass is 9.99. The molecular formula is C20H26FIN4. The van der Waals surface area contributed by atoms with Crippen LogP contribution in [0, 0.1) is 5.82 Å². The summed E-state index contributed by atoms with van der Waals surface area (Å²) in [5.41, 5.74) is 4.59. The molecule has 0 aromatic heterocycles. The zero-order valence-corrected chi connectivity index (χ0v) is 17.6. The second-order valence-corrected chi connectivity index (χ2v) is 6.36. The van der Waals surface area contributed by atoms with Gasteiger partial charge in [-0.1, -0.05) is 30.3 Å². The first kappa shape index (κ1) is 20.5. The van der Waals surface area contributed by atoms with E-state index in [4.69, 9.17) is 0 Å². The van der Waals surface area contributed by atoms with Crippen LogP contribution in [0.5, 0.6) is 0 Å². The molecule has 26 heavy (non-hydrogen) atoms. The van der Waals surface area contributed by atoms with Gasteiger partial charge in [0.15, 0.2) is 5.96 Å². The Morgan fingerprint density at radius 3 is 2.69 bits per heavy atom. The fourth-order valence-corrected chi connectivity index (χ4v) is 3.18. The predicted octanol–water partition coefficient (Wildman–Crippen LogP) is 3.69. The van der Waals surface area contributed by atoms with Gasteiger partial charge in [-0.25, -0.2) is 4.39 Å². The zero-order valence-electron chi connectivity index (χ0n) is 15.3. The van der Waals surface area contributed by atoms with Crippen molar-refractivity contribution in [3.63, 3.8) is 0 Å². The molecular weight excluding hydrogens is 442 g/mol. The Bertz CT molecular complexity index is 763. The van der Waals surface area contributed by atoms with Crippen molar-refractivity contribution >= 4 is 35.6 Å². The van der Waals surface area contributed by atoms with Crippen molar-refractivity contribution in [2.75, 3.05) is 25.5 Å². The van der Waals surface area contributed by atoms with Crippen molar-refractivity contribution < 1.29 is 4.39 Å². The van der Waals surface area contributed by atoms with Crippen LogP contribution in [-0.4, -0.2) is 26.6 Å². The molecule has 4 nitrogen and oxygen atoms in total. The minimum atomic E-state index is -0.204. The molecule has 0 saturated heterocycles. The van der Waals surface area contributed by atoms with Crippen LogP contribution in [0.2, 0.25) is 0 Å². The fourth-order valence-electron chi connectivity index (χ4n) is 3.18. The minimum Gasteiger partial charge on any atom is -0.374 e. The van der Waals surface area contributed by atoms with Crippen LogP contribution in [0.4, 0.5) is 10.1 Å². The number of benzene rings is 2. The third-order valence-corrected chi connectivity index (χ3v) is 4.58. The van der Waals surface area contributed by atoms with E-state index in [9.17, 15) is 4.39 Å². The monoisotopic (exact) mass is 468 g/mol. The number of anilines is 1. The number of guanidine groups is 1. The number of hydrogen-bond acceptors (Lipinski definition) is 2. The summed E-state index contributed by atoms with van der Waals surface area (Å²) in [5, 5.41) is 6.45. The van der Waals surface area contributed by atoms with Gasteiger partial charge in [0.25, 0.3) is 0 Å². The normalized spacial score (nSPS) is 13.7. The molecule has 0 bridgehead atoms. The Labute approximate surface area is 171 Å². The molecule has 0 fully saturated rings. The van der Waals surface area contributed by atoms with E-state index in [1.54, 1.807) is 19.2 Å². The summed E-state index contributed by atoms with van der Waals surface area (Å²) in [4.78, 5) is 6.52. The van der Waals surface area contributed by atoms with Crippen molar-refractivity contribution in [1.29, 1.82) is 0 Å². The standard InChI is InChI=1S/C20H25FN4.HI/c1-22-20(24-14-17-6-3-4-8-18(17)21)23-13-15-9-10-19-16(12-15)7-5-11-25(19)2;/h3-4,6,8-10,12H,5,7,11,13-14H2,1-2H3,(H2,22,23,24);1H. The van der Waals surface area contributed by atoms with Gasteiger partial charge in [-0.2, -0.15) is 0 Å². The van der Waals surface area contributed by atoms with Gasteiger partial charge in [0.1, 0.15) is 5.82 Å². The van der Waals surface area contributed by atoms with E-state index < -0.39 is 0 Å². The SMILES string of the molecule is CN=C(NCc1ccc2c(c1)CCCN2C)NCc1ccccc1F.I. The van der Waals surface area contributed by atoms with Gasteiger partial charge in [-0.3, -0.25) is 4.99 Å². The van der Waals surface area contributed by atoms with E-state index in [0.717, 1.165) is 13.0 Å². The van der Waals surface area contributed by atoms with E-state index in [0.29, 0.717) is 24.6 Å². The number of aliphatic imine (C=N–C) groups is 1. The maximum atomic E-state index is 13.7. The van der Waals surface area contributed by atoms with E-state index in [1.807, 2.05) is 6.07 Å². The number of halogens is 2. The van der Waals surface area contributed by atoms with E-state index >= 15 is 0 Å². The van der Waals surface area contributed by atoms with Crippen LogP contribution in [-0.2, 0) is 19.5 Å². The molecule has 1 heterocycles. The summed E-state index contributed by atoms with van der Waals surface area (Å²) in [6.45, 7) is 2.21. The highest BCUT2D eigenvalue weighted by atomic mass is 127. The number of aryl methyl sites for hydroxylation is 1. The van der Waals surface area contributed by atoms with Crippen molar-refractivity contribution in [2.24, 2.45) is 4.99 Å². The highest BCUT2D eigenvalue weighted by Gasteiger charge is 2.13. The molecule has 2 aromatic carbocycles. The molecule has 0 aliphatic carbocycles. The largest absolute Gasteiger partial charge is 0.374 e. The van der Waals surface area contributed by atoms with E-state index in [1.165, 1.54) is 29.3 Å². The van der Waals surface area contributed by atoms with Crippen molar-refractivity contribution in [3.8, 4) is 0 Å². The van der Waals surface area contributed by atoms with Crippen molar-refractivity contribution in [3.05, 3.63) is 65.0 Å². The lowest BCUT2D eigenvalue weighted by molar-refractivity contribution is 0.604. The molecule has 0 radical (unpaired) electrons. The molecule has 6 heteroatoms. The molecule has 0 amide bonds. The van der Waals surface area contributed by atoms with Crippen LogP contribution in [0.3, 0.4) is 0 Å². The van der Waals surface area contributed by atoms with Crippen LogP contribution >= 0.6 is 24.0 Å². The first-order chi connectivity index (χ1) is 12.2. The summed E-state index contributed by atoms with van der Waals surface area (Å²) >= 11 is 0. The predicted molar refractivity (Wildman–Crippen MR) is 117 cm³/mol. The van der Waals surface area contributed by atoms with Gasteiger partial charge >= 0.3 is 0 Å². The Balaban J connectivity index is 0.00000243. The Morgan fingerprint density at radius 1 is 1.15 bits per heavy atom.